The lowest BCUT2D eigenvalue weighted by Gasteiger charge is -2.20. The van der Waals surface area contributed by atoms with Gasteiger partial charge in [-0.2, -0.15) is 0 Å². The van der Waals surface area contributed by atoms with Crippen molar-refractivity contribution < 1.29 is 0 Å². The molecule has 2 rings (SSSR count). The van der Waals surface area contributed by atoms with Gasteiger partial charge in [-0.15, -0.1) is 11.3 Å². The molecule has 2 aromatic rings. The molecule has 0 fully saturated rings. The summed E-state index contributed by atoms with van der Waals surface area (Å²) in [5.74, 6) is 0.598. The van der Waals surface area contributed by atoms with Crippen molar-refractivity contribution in [3.63, 3.8) is 0 Å². The molecule has 98 valence electrons. The molecule has 1 atom stereocenters. The van der Waals surface area contributed by atoms with Crippen LogP contribution in [0.4, 0.5) is 0 Å². The van der Waals surface area contributed by atoms with Crippen molar-refractivity contribution in [2.24, 2.45) is 5.92 Å². The Hall–Kier alpha value is -1.13. The third-order valence-corrected chi connectivity index (χ3v) is 3.79. The Bertz CT molecular complexity index is 459. The maximum Gasteiger partial charge on any atom is 0.112 e. The fourth-order valence-corrected chi connectivity index (χ4v) is 2.81. The summed E-state index contributed by atoms with van der Waals surface area (Å²) in [6, 6.07) is 2.65. The van der Waals surface area contributed by atoms with E-state index < -0.39 is 0 Å². The highest BCUT2D eigenvalue weighted by molar-refractivity contribution is 7.09. The van der Waals surface area contributed by atoms with Gasteiger partial charge in [-0.05, 0) is 24.1 Å². The van der Waals surface area contributed by atoms with Crippen LogP contribution in [-0.2, 0) is 6.54 Å². The summed E-state index contributed by atoms with van der Waals surface area (Å²) in [5, 5.41) is 6.72. The Labute approximate surface area is 113 Å². The molecule has 2 aromatic heterocycles. The normalized spacial score (nSPS) is 13.1. The van der Waals surface area contributed by atoms with E-state index in [9.17, 15) is 0 Å². The molecule has 0 bridgehead atoms. The summed E-state index contributed by atoms with van der Waals surface area (Å²) < 4.78 is 2.21. The molecule has 2 heterocycles. The Morgan fingerprint density at radius 2 is 2.28 bits per heavy atom. The maximum atomic E-state index is 4.32. The molecular formula is C14H21N3S. The van der Waals surface area contributed by atoms with Gasteiger partial charge < -0.3 is 9.88 Å². The average molecular weight is 263 g/mol. The van der Waals surface area contributed by atoms with Gasteiger partial charge in [0.2, 0.25) is 0 Å². The number of nitrogens with zero attached hydrogens (tertiary/aromatic N) is 2. The monoisotopic (exact) mass is 263 g/mol. The number of thiazole rings is 1. The number of hydrogen-bond donors (Lipinski definition) is 1. The smallest absolute Gasteiger partial charge is 0.112 e. The molecule has 0 spiro atoms. The molecule has 0 aliphatic rings. The zero-order valence-electron chi connectivity index (χ0n) is 11.3. The van der Waals surface area contributed by atoms with Crippen molar-refractivity contribution in [2.45, 2.75) is 33.4 Å². The molecular weight excluding hydrogens is 242 g/mol. The Morgan fingerprint density at radius 3 is 2.89 bits per heavy atom. The first-order valence-corrected chi connectivity index (χ1v) is 7.36. The van der Waals surface area contributed by atoms with Crippen LogP contribution < -0.4 is 5.32 Å². The van der Waals surface area contributed by atoms with Gasteiger partial charge in [-0.3, -0.25) is 0 Å². The first-order chi connectivity index (χ1) is 8.70. The summed E-state index contributed by atoms with van der Waals surface area (Å²) in [4.78, 5) is 4.32. The summed E-state index contributed by atoms with van der Waals surface area (Å²) >= 11 is 1.70. The van der Waals surface area contributed by atoms with Gasteiger partial charge in [0.15, 0.2) is 0 Å². The van der Waals surface area contributed by atoms with Gasteiger partial charge >= 0.3 is 0 Å². The van der Waals surface area contributed by atoms with Crippen LogP contribution >= 0.6 is 11.3 Å². The number of rotatable bonds is 6. The van der Waals surface area contributed by atoms with E-state index in [1.807, 2.05) is 11.6 Å². The SMILES string of the molecule is CCNC(c1ccn(Cc2nccs2)c1)C(C)C. The van der Waals surface area contributed by atoms with E-state index in [1.165, 1.54) is 5.56 Å². The molecule has 18 heavy (non-hydrogen) atoms. The van der Waals surface area contributed by atoms with Gasteiger partial charge in [0, 0.05) is 30.0 Å². The number of nitrogens with one attached hydrogen (secondary N) is 1. The van der Waals surface area contributed by atoms with Crippen molar-refractivity contribution in [3.05, 3.63) is 40.6 Å². The maximum absolute atomic E-state index is 4.32. The van der Waals surface area contributed by atoms with Gasteiger partial charge in [0.25, 0.3) is 0 Å². The summed E-state index contributed by atoms with van der Waals surface area (Å²) in [7, 11) is 0. The quantitative estimate of drug-likeness (QED) is 0.866. The Kier molecular flexibility index (Phi) is 4.55. The highest BCUT2D eigenvalue weighted by Crippen LogP contribution is 2.22. The second-order valence-electron chi connectivity index (χ2n) is 4.82. The topological polar surface area (TPSA) is 29.9 Å². The van der Waals surface area contributed by atoms with Gasteiger partial charge in [-0.1, -0.05) is 20.8 Å². The van der Waals surface area contributed by atoms with Crippen molar-refractivity contribution in [1.29, 1.82) is 0 Å². The second kappa shape index (κ2) is 6.16. The predicted octanol–water partition coefficient (Wildman–Crippen LogP) is 3.30. The predicted molar refractivity (Wildman–Crippen MR) is 76.9 cm³/mol. The molecule has 0 radical (unpaired) electrons. The second-order valence-corrected chi connectivity index (χ2v) is 5.80. The third kappa shape index (κ3) is 3.21. The molecule has 0 amide bonds. The minimum atomic E-state index is 0.438. The van der Waals surface area contributed by atoms with E-state index >= 15 is 0 Å². The van der Waals surface area contributed by atoms with Crippen LogP contribution in [0.3, 0.4) is 0 Å². The molecule has 1 unspecified atom stereocenters. The first-order valence-electron chi connectivity index (χ1n) is 6.48. The van der Waals surface area contributed by atoms with E-state index in [2.05, 4.69) is 54.1 Å². The number of aromatic nitrogens is 2. The van der Waals surface area contributed by atoms with E-state index in [1.54, 1.807) is 11.3 Å². The molecule has 0 aromatic carbocycles. The lowest BCUT2D eigenvalue weighted by Crippen LogP contribution is -2.25. The zero-order chi connectivity index (χ0) is 13.0. The van der Waals surface area contributed by atoms with E-state index in [4.69, 9.17) is 0 Å². The van der Waals surface area contributed by atoms with Crippen LogP contribution in [0.5, 0.6) is 0 Å². The van der Waals surface area contributed by atoms with Crippen LogP contribution in [0.1, 0.15) is 37.4 Å². The lowest BCUT2D eigenvalue weighted by molar-refractivity contribution is 0.421. The van der Waals surface area contributed by atoms with Gasteiger partial charge in [-0.25, -0.2) is 4.98 Å². The zero-order valence-corrected chi connectivity index (χ0v) is 12.1. The van der Waals surface area contributed by atoms with E-state index in [0.29, 0.717) is 12.0 Å². The van der Waals surface area contributed by atoms with Crippen LogP contribution in [0, 0.1) is 5.92 Å². The molecule has 3 nitrogen and oxygen atoms in total. The molecule has 0 aliphatic heterocycles. The third-order valence-electron chi connectivity index (χ3n) is 3.02. The standard InChI is InChI=1S/C14H21N3S/c1-4-15-14(11(2)3)12-5-7-17(9-12)10-13-16-6-8-18-13/h5-9,11,14-15H,4,10H2,1-3H3. The Balaban J connectivity index is 2.08. The Morgan fingerprint density at radius 1 is 1.44 bits per heavy atom. The summed E-state index contributed by atoms with van der Waals surface area (Å²) in [5.41, 5.74) is 1.36. The summed E-state index contributed by atoms with van der Waals surface area (Å²) in [6.07, 6.45) is 6.23. The van der Waals surface area contributed by atoms with Crippen LogP contribution in [0.15, 0.2) is 30.0 Å². The average Bonchev–Trinajstić information content (AvgIpc) is 2.97. The molecule has 0 saturated carbocycles. The fraction of sp³-hybridized carbons (Fsp3) is 0.500. The lowest BCUT2D eigenvalue weighted by atomic mass is 9.98. The van der Waals surface area contributed by atoms with Crippen molar-refractivity contribution in [1.82, 2.24) is 14.9 Å². The van der Waals surface area contributed by atoms with Crippen LogP contribution in [-0.4, -0.2) is 16.1 Å². The van der Waals surface area contributed by atoms with Crippen molar-refractivity contribution >= 4 is 11.3 Å². The molecule has 1 N–H and O–H groups in total. The van der Waals surface area contributed by atoms with Crippen molar-refractivity contribution in [3.8, 4) is 0 Å². The minimum Gasteiger partial charge on any atom is -0.347 e. The largest absolute Gasteiger partial charge is 0.347 e. The number of hydrogen-bond acceptors (Lipinski definition) is 3. The van der Waals surface area contributed by atoms with Gasteiger partial charge in [0.1, 0.15) is 5.01 Å². The van der Waals surface area contributed by atoms with Gasteiger partial charge in [0.05, 0.1) is 6.54 Å². The van der Waals surface area contributed by atoms with Crippen LogP contribution in [0.2, 0.25) is 0 Å². The fourth-order valence-electron chi connectivity index (χ4n) is 2.19. The van der Waals surface area contributed by atoms with E-state index in [0.717, 1.165) is 18.1 Å². The minimum absolute atomic E-state index is 0.438. The first kappa shape index (κ1) is 13.3. The molecule has 0 aliphatic carbocycles. The molecule has 4 heteroatoms. The summed E-state index contributed by atoms with van der Waals surface area (Å²) in [6.45, 7) is 8.54. The highest BCUT2D eigenvalue weighted by Gasteiger charge is 2.15. The van der Waals surface area contributed by atoms with E-state index in [-0.39, 0.29) is 0 Å². The molecule has 0 saturated heterocycles. The highest BCUT2D eigenvalue weighted by atomic mass is 32.1. The van der Waals surface area contributed by atoms with Crippen LogP contribution in [0.25, 0.3) is 0 Å². The van der Waals surface area contributed by atoms with Crippen molar-refractivity contribution in [2.75, 3.05) is 6.54 Å².